The number of hydrogen-bond acceptors (Lipinski definition) is 6. The molecule has 0 amide bonds. The standard InChI is InChI=1S/C18H18N2O5S2/c1-11(2)16(17(21)22)20-27(23,24)13-8-9-14-15(10-13)26-18(19-14)25-12-6-4-3-5-7-12/h3-11,16,20H,1-2H3,(H,21,22)/t16-/m1/s1. The van der Waals surface area contributed by atoms with Crippen molar-refractivity contribution >= 4 is 37.5 Å². The van der Waals surface area contributed by atoms with Crippen molar-refractivity contribution in [2.24, 2.45) is 5.92 Å². The zero-order valence-corrected chi connectivity index (χ0v) is 16.3. The minimum absolute atomic E-state index is 0.0168. The third kappa shape index (κ3) is 4.44. The van der Waals surface area contributed by atoms with E-state index in [1.54, 1.807) is 32.0 Å². The Morgan fingerprint density at radius 3 is 2.52 bits per heavy atom. The molecule has 0 radical (unpaired) electrons. The first-order valence-electron chi connectivity index (χ1n) is 8.15. The Morgan fingerprint density at radius 1 is 1.19 bits per heavy atom. The number of carboxylic acids is 1. The van der Waals surface area contributed by atoms with Gasteiger partial charge in [0.1, 0.15) is 11.8 Å². The number of carbonyl (C=O) groups is 1. The summed E-state index contributed by atoms with van der Waals surface area (Å²) in [7, 11) is -3.98. The first kappa shape index (κ1) is 19.3. The Bertz CT molecular complexity index is 1060. The summed E-state index contributed by atoms with van der Waals surface area (Å²) in [6.45, 7) is 3.28. The fourth-order valence-electron chi connectivity index (χ4n) is 2.39. The van der Waals surface area contributed by atoms with E-state index in [0.29, 0.717) is 21.2 Å². The topological polar surface area (TPSA) is 106 Å². The highest BCUT2D eigenvalue weighted by atomic mass is 32.2. The first-order chi connectivity index (χ1) is 12.8. The lowest BCUT2D eigenvalue weighted by atomic mass is 10.1. The molecule has 0 aliphatic carbocycles. The molecule has 7 nitrogen and oxygen atoms in total. The molecule has 1 heterocycles. The number of rotatable bonds is 7. The molecule has 3 rings (SSSR count). The number of thiazole rings is 1. The van der Waals surface area contributed by atoms with Crippen molar-refractivity contribution in [2.75, 3.05) is 0 Å². The number of sulfonamides is 1. The van der Waals surface area contributed by atoms with Crippen molar-refractivity contribution in [2.45, 2.75) is 24.8 Å². The number of benzene rings is 2. The molecule has 27 heavy (non-hydrogen) atoms. The molecule has 0 saturated carbocycles. The maximum absolute atomic E-state index is 12.6. The van der Waals surface area contributed by atoms with E-state index in [0.717, 1.165) is 0 Å². The van der Waals surface area contributed by atoms with Crippen LogP contribution >= 0.6 is 11.3 Å². The number of para-hydroxylation sites is 1. The minimum Gasteiger partial charge on any atom is -0.480 e. The van der Waals surface area contributed by atoms with Crippen molar-refractivity contribution in [3.8, 4) is 10.9 Å². The van der Waals surface area contributed by atoms with Crippen LogP contribution in [0.1, 0.15) is 13.8 Å². The Balaban J connectivity index is 1.88. The number of aliphatic carboxylic acids is 1. The highest BCUT2D eigenvalue weighted by Crippen LogP contribution is 2.32. The van der Waals surface area contributed by atoms with E-state index in [1.807, 2.05) is 18.2 Å². The third-order valence-electron chi connectivity index (χ3n) is 3.81. The predicted molar refractivity (Wildman–Crippen MR) is 103 cm³/mol. The second kappa shape index (κ2) is 7.63. The molecular formula is C18H18N2O5S2. The Morgan fingerprint density at radius 2 is 1.89 bits per heavy atom. The summed E-state index contributed by atoms with van der Waals surface area (Å²) in [5.74, 6) is -0.978. The Hall–Kier alpha value is -2.49. The predicted octanol–water partition coefficient (Wildman–Crippen LogP) is 3.48. The summed E-state index contributed by atoms with van der Waals surface area (Å²) in [5, 5.41) is 9.61. The van der Waals surface area contributed by atoms with Crippen LogP contribution in [0, 0.1) is 5.92 Å². The first-order valence-corrected chi connectivity index (χ1v) is 10.4. The van der Waals surface area contributed by atoms with Gasteiger partial charge < -0.3 is 9.84 Å². The molecule has 1 atom stereocenters. The SMILES string of the molecule is CC(C)[C@@H](NS(=O)(=O)c1ccc2nc(Oc3ccccc3)sc2c1)C(=O)O. The zero-order valence-electron chi connectivity index (χ0n) is 14.6. The zero-order chi connectivity index (χ0) is 19.6. The quantitative estimate of drug-likeness (QED) is 0.622. The van der Waals surface area contributed by atoms with Crippen molar-refractivity contribution in [3.63, 3.8) is 0 Å². The Kier molecular flexibility index (Phi) is 5.45. The number of carboxylic acid groups (broad SMARTS) is 1. The summed E-state index contributed by atoms with van der Waals surface area (Å²) in [5.41, 5.74) is 0.600. The van der Waals surface area contributed by atoms with Gasteiger partial charge >= 0.3 is 5.97 Å². The second-order valence-electron chi connectivity index (χ2n) is 6.21. The van der Waals surface area contributed by atoms with Gasteiger partial charge in [-0.2, -0.15) is 4.72 Å². The van der Waals surface area contributed by atoms with Gasteiger partial charge in [0.2, 0.25) is 10.0 Å². The van der Waals surface area contributed by atoms with Crippen LogP contribution in [-0.4, -0.2) is 30.5 Å². The van der Waals surface area contributed by atoms with E-state index in [1.165, 1.54) is 23.5 Å². The fraction of sp³-hybridized carbons (Fsp3) is 0.222. The molecule has 0 aliphatic heterocycles. The number of nitrogens with zero attached hydrogens (tertiary/aromatic N) is 1. The molecule has 142 valence electrons. The van der Waals surface area contributed by atoms with Crippen LogP contribution in [0.25, 0.3) is 10.2 Å². The summed E-state index contributed by atoms with van der Waals surface area (Å²) >= 11 is 1.21. The van der Waals surface area contributed by atoms with Crippen LogP contribution in [0.4, 0.5) is 0 Å². The molecule has 3 aromatic rings. The van der Waals surface area contributed by atoms with Gasteiger partial charge in [-0.25, -0.2) is 13.4 Å². The van der Waals surface area contributed by atoms with Crippen molar-refractivity contribution in [1.29, 1.82) is 0 Å². The van der Waals surface area contributed by atoms with Crippen LogP contribution in [0.2, 0.25) is 0 Å². The van der Waals surface area contributed by atoms with E-state index in [-0.39, 0.29) is 4.90 Å². The molecule has 2 N–H and O–H groups in total. The lowest BCUT2D eigenvalue weighted by Gasteiger charge is -2.17. The highest BCUT2D eigenvalue weighted by Gasteiger charge is 2.28. The number of fused-ring (bicyclic) bond motifs is 1. The third-order valence-corrected chi connectivity index (χ3v) is 6.15. The van der Waals surface area contributed by atoms with Gasteiger partial charge in [0.15, 0.2) is 0 Å². The Labute approximate surface area is 160 Å². The summed E-state index contributed by atoms with van der Waals surface area (Å²) in [4.78, 5) is 15.6. The van der Waals surface area contributed by atoms with E-state index in [4.69, 9.17) is 4.74 Å². The van der Waals surface area contributed by atoms with Gasteiger partial charge in [0.05, 0.1) is 15.1 Å². The molecular weight excluding hydrogens is 388 g/mol. The summed E-state index contributed by atoms with van der Waals surface area (Å²) in [6, 6.07) is 12.4. The maximum Gasteiger partial charge on any atom is 0.322 e. The van der Waals surface area contributed by atoms with Crippen LogP contribution in [0.3, 0.4) is 0 Å². The van der Waals surface area contributed by atoms with Gasteiger partial charge in [0.25, 0.3) is 5.19 Å². The molecule has 0 bridgehead atoms. The number of hydrogen-bond donors (Lipinski definition) is 2. The van der Waals surface area contributed by atoms with E-state index < -0.39 is 28.0 Å². The van der Waals surface area contributed by atoms with E-state index in [2.05, 4.69) is 9.71 Å². The van der Waals surface area contributed by atoms with Gasteiger partial charge in [-0.3, -0.25) is 4.79 Å². The molecule has 0 saturated heterocycles. The van der Waals surface area contributed by atoms with Crippen LogP contribution in [0.5, 0.6) is 10.9 Å². The number of ether oxygens (including phenoxy) is 1. The lowest BCUT2D eigenvalue weighted by Crippen LogP contribution is -2.44. The fourth-order valence-corrected chi connectivity index (χ4v) is 4.70. The average Bonchev–Trinajstić information content (AvgIpc) is 3.01. The van der Waals surface area contributed by atoms with E-state index in [9.17, 15) is 18.3 Å². The largest absolute Gasteiger partial charge is 0.480 e. The number of nitrogens with one attached hydrogen (secondary N) is 1. The van der Waals surface area contributed by atoms with Gasteiger partial charge in [0, 0.05) is 0 Å². The lowest BCUT2D eigenvalue weighted by molar-refractivity contribution is -0.140. The van der Waals surface area contributed by atoms with Gasteiger partial charge in [-0.1, -0.05) is 43.4 Å². The summed E-state index contributed by atoms with van der Waals surface area (Å²) < 4.78 is 33.7. The van der Waals surface area contributed by atoms with E-state index >= 15 is 0 Å². The summed E-state index contributed by atoms with van der Waals surface area (Å²) in [6.07, 6.45) is 0. The molecule has 0 unspecified atom stereocenters. The van der Waals surface area contributed by atoms with Gasteiger partial charge in [-0.05, 0) is 36.2 Å². The molecule has 1 aromatic heterocycles. The molecule has 0 spiro atoms. The highest BCUT2D eigenvalue weighted by molar-refractivity contribution is 7.89. The van der Waals surface area contributed by atoms with Crippen molar-refractivity contribution in [3.05, 3.63) is 48.5 Å². The molecule has 0 fully saturated rings. The van der Waals surface area contributed by atoms with Gasteiger partial charge in [-0.15, -0.1) is 0 Å². The number of aromatic nitrogens is 1. The van der Waals surface area contributed by atoms with Crippen molar-refractivity contribution < 1.29 is 23.1 Å². The monoisotopic (exact) mass is 406 g/mol. The molecule has 0 aliphatic rings. The molecule has 2 aromatic carbocycles. The maximum atomic E-state index is 12.6. The van der Waals surface area contributed by atoms with Crippen molar-refractivity contribution in [1.82, 2.24) is 9.71 Å². The normalized spacial score (nSPS) is 13.0. The van der Waals surface area contributed by atoms with Crippen LogP contribution < -0.4 is 9.46 Å². The van der Waals surface area contributed by atoms with Crippen LogP contribution in [-0.2, 0) is 14.8 Å². The second-order valence-corrected chi connectivity index (χ2v) is 8.91. The average molecular weight is 406 g/mol. The molecule has 9 heteroatoms. The van der Waals surface area contributed by atoms with Crippen LogP contribution in [0.15, 0.2) is 53.4 Å². The minimum atomic E-state index is -3.98. The smallest absolute Gasteiger partial charge is 0.322 e.